The summed E-state index contributed by atoms with van der Waals surface area (Å²) in [7, 11) is 1.77. The Morgan fingerprint density at radius 1 is 1.67 bits per heavy atom. The van der Waals surface area contributed by atoms with E-state index >= 15 is 0 Å². The topological polar surface area (TPSA) is 85.8 Å². The summed E-state index contributed by atoms with van der Waals surface area (Å²) in [5.41, 5.74) is 5.53. The Morgan fingerprint density at radius 2 is 2.33 bits per heavy atom. The average Bonchev–Trinajstić information content (AvgIpc) is 2.50. The predicted molar refractivity (Wildman–Crippen MR) is 59.4 cm³/mol. The Hall–Kier alpha value is -1.24. The minimum Gasteiger partial charge on any atom is -0.368 e. The molecule has 0 saturated heterocycles. The first-order chi connectivity index (χ1) is 7.06. The second kappa shape index (κ2) is 5.01. The van der Waals surface area contributed by atoms with Crippen LogP contribution in [0.4, 0.5) is 5.95 Å². The molecule has 1 heterocycles. The number of carbonyl (C=O) groups is 1. The maximum Gasteiger partial charge on any atom is 0.233 e. The Morgan fingerprint density at radius 3 is 2.80 bits per heavy atom. The lowest BCUT2D eigenvalue weighted by Gasteiger charge is -2.09. The van der Waals surface area contributed by atoms with E-state index < -0.39 is 0 Å². The maximum atomic E-state index is 11.4. The van der Waals surface area contributed by atoms with Crippen LogP contribution < -0.4 is 11.1 Å². The van der Waals surface area contributed by atoms with Gasteiger partial charge in [0.05, 0.1) is 5.25 Å². The molecule has 0 bridgehead atoms. The minimum absolute atomic E-state index is 0.0101. The van der Waals surface area contributed by atoms with Gasteiger partial charge in [-0.2, -0.15) is 0 Å². The molecular weight excluding hydrogens is 214 g/mol. The molecule has 1 rings (SSSR count). The van der Waals surface area contributed by atoms with Gasteiger partial charge in [-0.1, -0.05) is 11.8 Å². The van der Waals surface area contributed by atoms with Crippen LogP contribution in [0.3, 0.4) is 0 Å². The van der Waals surface area contributed by atoms with Gasteiger partial charge in [0.15, 0.2) is 5.16 Å². The predicted octanol–water partition coefficient (Wildman–Crippen LogP) is 0.0140. The smallest absolute Gasteiger partial charge is 0.233 e. The normalized spacial score (nSPS) is 12.5. The van der Waals surface area contributed by atoms with Crippen LogP contribution in [0.15, 0.2) is 5.16 Å². The summed E-state index contributed by atoms with van der Waals surface area (Å²) >= 11 is 1.34. The number of nitrogen functional groups attached to an aromatic ring is 1. The zero-order valence-electron chi connectivity index (χ0n) is 9.02. The lowest BCUT2D eigenvalue weighted by atomic mass is 10.4. The van der Waals surface area contributed by atoms with Crippen molar-refractivity contribution in [2.24, 2.45) is 7.05 Å². The number of anilines is 1. The summed E-state index contributed by atoms with van der Waals surface area (Å²) in [5, 5.41) is 10.8. The zero-order valence-corrected chi connectivity index (χ0v) is 9.84. The van der Waals surface area contributed by atoms with Gasteiger partial charge in [0.2, 0.25) is 11.9 Å². The van der Waals surface area contributed by atoms with Crippen LogP contribution in [0.2, 0.25) is 0 Å². The summed E-state index contributed by atoms with van der Waals surface area (Å²) in [6.45, 7) is 4.33. The molecular formula is C8H15N5OS. The summed E-state index contributed by atoms with van der Waals surface area (Å²) in [6.07, 6.45) is 0. The first-order valence-electron chi connectivity index (χ1n) is 4.65. The molecule has 15 heavy (non-hydrogen) atoms. The van der Waals surface area contributed by atoms with E-state index in [0.29, 0.717) is 17.6 Å². The number of nitrogens with two attached hydrogens (primary N) is 1. The number of nitrogens with zero attached hydrogens (tertiary/aromatic N) is 3. The molecule has 3 N–H and O–H groups in total. The van der Waals surface area contributed by atoms with Crippen molar-refractivity contribution in [1.82, 2.24) is 20.1 Å². The van der Waals surface area contributed by atoms with Crippen molar-refractivity contribution in [1.29, 1.82) is 0 Å². The molecule has 1 atom stereocenters. The Kier molecular flexibility index (Phi) is 3.96. The van der Waals surface area contributed by atoms with Crippen molar-refractivity contribution < 1.29 is 4.79 Å². The van der Waals surface area contributed by atoms with E-state index in [-0.39, 0.29) is 11.2 Å². The van der Waals surface area contributed by atoms with Gasteiger partial charge in [0, 0.05) is 13.6 Å². The van der Waals surface area contributed by atoms with Gasteiger partial charge in [-0.15, -0.1) is 10.2 Å². The van der Waals surface area contributed by atoms with E-state index in [1.54, 1.807) is 11.6 Å². The van der Waals surface area contributed by atoms with Crippen molar-refractivity contribution in [2.75, 3.05) is 12.3 Å². The van der Waals surface area contributed by atoms with Gasteiger partial charge < -0.3 is 11.1 Å². The number of carbonyl (C=O) groups excluding carboxylic acids is 1. The van der Waals surface area contributed by atoms with Crippen molar-refractivity contribution >= 4 is 23.6 Å². The Bertz CT molecular complexity index is 351. The molecule has 0 saturated carbocycles. The summed E-state index contributed by atoms with van der Waals surface area (Å²) < 4.78 is 1.65. The lowest BCUT2D eigenvalue weighted by Crippen LogP contribution is -2.30. The standard InChI is InChI=1S/C8H15N5OS/c1-4-10-6(14)5(2)15-8-12-11-7(9)13(8)3/h5H,4H2,1-3H3,(H2,9,11)(H,10,14). The van der Waals surface area contributed by atoms with Crippen LogP contribution in [0.1, 0.15) is 13.8 Å². The zero-order chi connectivity index (χ0) is 11.4. The fourth-order valence-corrected chi connectivity index (χ4v) is 1.80. The van der Waals surface area contributed by atoms with Crippen molar-refractivity contribution in [2.45, 2.75) is 24.3 Å². The van der Waals surface area contributed by atoms with Gasteiger partial charge in [-0.25, -0.2) is 0 Å². The molecule has 0 spiro atoms. The molecule has 0 aliphatic rings. The molecule has 1 unspecified atom stereocenters. The van der Waals surface area contributed by atoms with E-state index in [1.807, 2.05) is 13.8 Å². The number of aromatic nitrogens is 3. The maximum absolute atomic E-state index is 11.4. The lowest BCUT2D eigenvalue weighted by molar-refractivity contribution is -0.120. The Balaban J connectivity index is 2.62. The highest BCUT2D eigenvalue weighted by Crippen LogP contribution is 2.21. The molecule has 1 aromatic rings. The molecule has 0 fully saturated rings. The van der Waals surface area contributed by atoms with Gasteiger partial charge in [-0.05, 0) is 13.8 Å². The van der Waals surface area contributed by atoms with Gasteiger partial charge in [0.1, 0.15) is 0 Å². The van der Waals surface area contributed by atoms with Crippen molar-refractivity contribution in [3.8, 4) is 0 Å². The van der Waals surface area contributed by atoms with Crippen LogP contribution in [0.5, 0.6) is 0 Å². The molecule has 0 aliphatic heterocycles. The van der Waals surface area contributed by atoms with E-state index in [4.69, 9.17) is 5.73 Å². The molecule has 7 heteroatoms. The van der Waals surface area contributed by atoms with E-state index in [0.717, 1.165) is 0 Å². The molecule has 1 aromatic heterocycles. The monoisotopic (exact) mass is 229 g/mol. The minimum atomic E-state index is -0.202. The second-order valence-electron chi connectivity index (χ2n) is 3.05. The second-order valence-corrected chi connectivity index (χ2v) is 4.36. The fourth-order valence-electron chi connectivity index (χ4n) is 0.958. The average molecular weight is 229 g/mol. The highest BCUT2D eigenvalue weighted by atomic mass is 32.2. The summed E-state index contributed by atoms with van der Waals surface area (Å²) in [5.74, 6) is 0.338. The van der Waals surface area contributed by atoms with Gasteiger partial charge in [0.25, 0.3) is 0 Å². The largest absolute Gasteiger partial charge is 0.368 e. The number of nitrogens with one attached hydrogen (secondary N) is 1. The molecule has 1 amide bonds. The third-order valence-corrected chi connectivity index (χ3v) is 3.00. The number of hydrogen-bond acceptors (Lipinski definition) is 5. The number of thioether (sulfide) groups is 1. The molecule has 0 radical (unpaired) electrons. The number of amides is 1. The molecule has 0 aliphatic carbocycles. The van der Waals surface area contributed by atoms with Gasteiger partial charge in [-0.3, -0.25) is 9.36 Å². The number of rotatable bonds is 4. The number of hydrogen-bond donors (Lipinski definition) is 2. The van der Waals surface area contributed by atoms with Crippen LogP contribution >= 0.6 is 11.8 Å². The van der Waals surface area contributed by atoms with Crippen LogP contribution in [-0.4, -0.2) is 32.5 Å². The molecule has 84 valence electrons. The van der Waals surface area contributed by atoms with E-state index in [9.17, 15) is 4.79 Å². The quantitative estimate of drug-likeness (QED) is 0.711. The highest BCUT2D eigenvalue weighted by Gasteiger charge is 2.17. The van der Waals surface area contributed by atoms with Crippen molar-refractivity contribution in [3.05, 3.63) is 0 Å². The Labute approximate surface area is 92.6 Å². The fraction of sp³-hybridized carbons (Fsp3) is 0.625. The van der Waals surface area contributed by atoms with E-state index in [2.05, 4.69) is 15.5 Å². The first kappa shape index (κ1) is 11.8. The van der Waals surface area contributed by atoms with Gasteiger partial charge >= 0.3 is 0 Å². The molecule has 6 nitrogen and oxygen atoms in total. The molecule has 0 aromatic carbocycles. The highest BCUT2D eigenvalue weighted by molar-refractivity contribution is 8.00. The summed E-state index contributed by atoms with van der Waals surface area (Å²) in [6, 6.07) is 0. The SMILES string of the molecule is CCNC(=O)C(C)Sc1nnc(N)n1C. The third-order valence-electron chi connectivity index (χ3n) is 1.87. The van der Waals surface area contributed by atoms with Crippen LogP contribution in [0.25, 0.3) is 0 Å². The van der Waals surface area contributed by atoms with Crippen LogP contribution in [0, 0.1) is 0 Å². The first-order valence-corrected chi connectivity index (χ1v) is 5.53. The van der Waals surface area contributed by atoms with E-state index in [1.165, 1.54) is 11.8 Å². The third kappa shape index (κ3) is 2.85. The van der Waals surface area contributed by atoms with Crippen LogP contribution in [-0.2, 0) is 11.8 Å². The van der Waals surface area contributed by atoms with Crippen molar-refractivity contribution in [3.63, 3.8) is 0 Å². The summed E-state index contributed by atoms with van der Waals surface area (Å²) in [4.78, 5) is 11.4.